The third kappa shape index (κ3) is 2.32. The van der Waals surface area contributed by atoms with Gasteiger partial charge in [0.1, 0.15) is 5.76 Å². The second-order valence-electron chi connectivity index (χ2n) is 3.34. The number of hydrogen-bond acceptors (Lipinski definition) is 3. The smallest absolute Gasteiger partial charge is 0.101 e. The van der Waals surface area contributed by atoms with Gasteiger partial charge < -0.3 is 15.3 Å². The molecule has 0 amide bonds. The number of aliphatic hydroxyl groups excluding tert-OH is 1. The first kappa shape index (κ1) is 10.3. The minimum absolute atomic E-state index is 0.122. The summed E-state index contributed by atoms with van der Waals surface area (Å²) in [5.74, 6) is 0.943. The predicted octanol–water partition coefficient (Wildman–Crippen LogP) is 1.61. The quantitative estimate of drug-likeness (QED) is 0.745. The number of hydrogen-bond donors (Lipinski definition) is 2. The van der Waals surface area contributed by atoms with Gasteiger partial charge in [0.15, 0.2) is 0 Å². The zero-order valence-electron chi connectivity index (χ0n) is 8.16. The molecule has 0 aliphatic carbocycles. The van der Waals surface area contributed by atoms with Gasteiger partial charge in [0, 0.05) is 11.5 Å². The molecule has 3 nitrogen and oxygen atoms in total. The zero-order chi connectivity index (χ0) is 9.84. The van der Waals surface area contributed by atoms with Crippen molar-refractivity contribution in [1.29, 1.82) is 0 Å². The van der Waals surface area contributed by atoms with Gasteiger partial charge in [-0.25, -0.2) is 0 Å². The SMILES string of the molecule is CCC(CN)C(O)c1coc(C)c1. The van der Waals surface area contributed by atoms with E-state index in [9.17, 15) is 5.11 Å². The average molecular weight is 183 g/mol. The molecule has 2 atom stereocenters. The molecular formula is C10H17NO2. The Hall–Kier alpha value is -0.800. The fraction of sp³-hybridized carbons (Fsp3) is 0.600. The summed E-state index contributed by atoms with van der Waals surface area (Å²) in [6, 6.07) is 1.85. The first-order valence-corrected chi connectivity index (χ1v) is 4.62. The van der Waals surface area contributed by atoms with Gasteiger partial charge in [-0.3, -0.25) is 0 Å². The molecule has 0 radical (unpaired) electrons. The van der Waals surface area contributed by atoms with Crippen LogP contribution in [-0.2, 0) is 0 Å². The van der Waals surface area contributed by atoms with Crippen molar-refractivity contribution in [2.24, 2.45) is 11.7 Å². The lowest BCUT2D eigenvalue weighted by atomic mass is 9.95. The van der Waals surface area contributed by atoms with Crippen LogP contribution in [0.3, 0.4) is 0 Å². The van der Waals surface area contributed by atoms with Gasteiger partial charge in [-0.2, -0.15) is 0 Å². The average Bonchev–Trinajstić information content (AvgIpc) is 2.54. The van der Waals surface area contributed by atoms with Crippen LogP contribution in [0.1, 0.15) is 30.8 Å². The van der Waals surface area contributed by atoms with E-state index in [2.05, 4.69) is 0 Å². The minimum Gasteiger partial charge on any atom is -0.469 e. The highest BCUT2D eigenvalue weighted by Gasteiger charge is 2.19. The van der Waals surface area contributed by atoms with Gasteiger partial charge in [0.25, 0.3) is 0 Å². The van der Waals surface area contributed by atoms with Crippen LogP contribution in [0.5, 0.6) is 0 Å². The van der Waals surface area contributed by atoms with E-state index in [0.717, 1.165) is 17.7 Å². The maximum Gasteiger partial charge on any atom is 0.101 e. The van der Waals surface area contributed by atoms with Crippen LogP contribution >= 0.6 is 0 Å². The van der Waals surface area contributed by atoms with E-state index in [4.69, 9.17) is 10.2 Å². The third-order valence-electron chi connectivity index (χ3n) is 2.37. The maximum absolute atomic E-state index is 9.85. The van der Waals surface area contributed by atoms with Crippen LogP contribution in [0.15, 0.2) is 16.7 Å². The van der Waals surface area contributed by atoms with Crippen LogP contribution in [-0.4, -0.2) is 11.7 Å². The monoisotopic (exact) mass is 183 g/mol. The number of nitrogens with two attached hydrogens (primary N) is 1. The predicted molar refractivity (Wildman–Crippen MR) is 51.2 cm³/mol. The molecule has 0 fully saturated rings. The Morgan fingerprint density at radius 2 is 2.31 bits per heavy atom. The van der Waals surface area contributed by atoms with E-state index in [1.54, 1.807) is 6.26 Å². The molecule has 1 heterocycles. The molecule has 1 aromatic heterocycles. The minimum atomic E-state index is -0.493. The van der Waals surface area contributed by atoms with E-state index in [0.29, 0.717) is 6.54 Å². The number of rotatable bonds is 4. The summed E-state index contributed by atoms with van der Waals surface area (Å²) in [5, 5.41) is 9.85. The molecule has 74 valence electrons. The molecule has 2 unspecified atom stereocenters. The summed E-state index contributed by atoms with van der Waals surface area (Å²) in [7, 11) is 0. The fourth-order valence-electron chi connectivity index (χ4n) is 1.41. The zero-order valence-corrected chi connectivity index (χ0v) is 8.16. The highest BCUT2D eigenvalue weighted by Crippen LogP contribution is 2.25. The van der Waals surface area contributed by atoms with Crippen molar-refractivity contribution in [3.63, 3.8) is 0 Å². The van der Waals surface area contributed by atoms with E-state index in [1.165, 1.54) is 0 Å². The van der Waals surface area contributed by atoms with Crippen molar-refractivity contribution in [2.75, 3.05) is 6.54 Å². The molecule has 0 spiro atoms. The van der Waals surface area contributed by atoms with Crippen molar-refractivity contribution in [3.05, 3.63) is 23.7 Å². The summed E-state index contributed by atoms with van der Waals surface area (Å²) in [5.41, 5.74) is 6.37. The fourth-order valence-corrected chi connectivity index (χ4v) is 1.41. The standard InChI is InChI=1S/C10H17NO2/c1-3-8(5-11)10(12)9-4-7(2)13-6-9/h4,6,8,10,12H,3,5,11H2,1-2H3. The van der Waals surface area contributed by atoms with E-state index >= 15 is 0 Å². The van der Waals surface area contributed by atoms with Gasteiger partial charge >= 0.3 is 0 Å². The first-order valence-electron chi connectivity index (χ1n) is 4.62. The Balaban J connectivity index is 2.71. The summed E-state index contributed by atoms with van der Waals surface area (Å²) in [4.78, 5) is 0. The van der Waals surface area contributed by atoms with Crippen molar-refractivity contribution in [3.8, 4) is 0 Å². The lowest BCUT2D eigenvalue weighted by Gasteiger charge is -2.17. The molecule has 3 heteroatoms. The maximum atomic E-state index is 9.85. The second kappa shape index (κ2) is 4.44. The molecule has 0 bridgehead atoms. The Morgan fingerprint density at radius 1 is 1.62 bits per heavy atom. The van der Waals surface area contributed by atoms with Gasteiger partial charge in [-0.05, 0) is 26.0 Å². The van der Waals surface area contributed by atoms with Crippen molar-refractivity contribution >= 4 is 0 Å². The van der Waals surface area contributed by atoms with Gasteiger partial charge in [-0.1, -0.05) is 6.92 Å². The Labute approximate surface area is 78.5 Å². The number of furan rings is 1. The number of aryl methyl sites for hydroxylation is 1. The normalized spacial score (nSPS) is 15.7. The molecule has 0 aliphatic heterocycles. The third-order valence-corrected chi connectivity index (χ3v) is 2.37. The number of aliphatic hydroxyl groups is 1. The molecule has 0 saturated carbocycles. The Morgan fingerprint density at radius 3 is 2.69 bits per heavy atom. The van der Waals surface area contributed by atoms with Crippen LogP contribution in [0.25, 0.3) is 0 Å². The van der Waals surface area contributed by atoms with Crippen molar-refractivity contribution in [2.45, 2.75) is 26.4 Å². The van der Waals surface area contributed by atoms with Crippen molar-refractivity contribution < 1.29 is 9.52 Å². The second-order valence-corrected chi connectivity index (χ2v) is 3.34. The van der Waals surface area contributed by atoms with E-state index < -0.39 is 6.10 Å². The lowest BCUT2D eigenvalue weighted by molar-refractivity contribution is 0.109. The summed E-state index contributed by atoms with van der Waals surface area (Å²) < 4.78 is 5.12. The first-order chi connectivity index (χ1) is 6.19. The lowest BCUT2D eigenvalue weighted by Crippen LogP contribution is -2.20. The van der Waals surface area contributed by atoms with Crippen LogP contribution in [0.2, 0.25) is 0 Å². The summed E-state index contributed by atoms with van der Waals surface area (Å²) in [6.07, 6.45) is 1.98. The Bertz CT molecular complexity index is 253. The van der Waals surface area contributed by atoms with Crippen LogP contribution in [0.4, 0.5) is 0 Å². The molecular weight excluding hydrogens is 166 g/mol. The molecule has 13 heavy (non-hydrogen) atoms. The van der Waals surface area contributed by atoms with Crippen molar-refractivity contribution in [1.82, 2.24) is 0 Å². The van der Waals surface area contributed by atoms with E-state index in [-0.39, 0.29) is 5.92 Å². The molecule has 0 aliphatic rings. The topological polar surface area (TPSA) is 59.4 Å². The molecule has 0 saturated heterocycles. The molecule has 1 aromatic rings. The van der Waals surface area contributed by atoms with Gasteiger partial charge in [0.2, 0.25) is 0 Å². The summed E-state index contributed by atoms with van der Waals surface area (Å²) >= 11 is 0. The summed E-state index contributed by atoms with van der Waals surface area (Å²) in [6.45, 7) is 4.38. The highest BCUT2D eigenvalue weighted by atomic mass is 16.3. The molecule has 0 aromatic carbocycles. The van der Waals surface area contributed by atoms with Crippen LogP contribution < -0.4 is 5.73 Å². The van der Waals surface area contributed by atoms with Crippen LogP contribution in [0, 0.1) is 12.8 Å². The van der Waals surface area contributed by atoms with E-state index in [1.807, 2.05) is 19.9 Å². The largest absolute Gasteiger partial charge is 0.469 e. The molecule has 3 N–H and O–H groups in total. The van der Waals surface area contributed by atoms with Gasteiger partial charge in [-0.15, -0.1) is 0 Å². The molecule has 1 rings (SSSR count). The van der Waals surface area contributed by atoms with Gasteiger partial charge in [0.05, 0.1) is 12.4 Å². The highest BCUT2D eigenvalue weighted by molar-refractivity contribution is 5.15. The Kier molecular flexibility index (Phi) is 3.51.